The highest BCUT2D eigenvalue weighted by atomic mass is 14.9. The van der Waals surface area contributed by atoms with E-state index in [4.69, 9.17) is 0 Å². The van der Waals surface area contributed by atoms with Crippen molar-refractivity contribution < 1.29 is 0 Å². The van der Waals surface area contributed by atoms with Crippen LogP contribution >= 0.6 is 0 Å². The van der Waals surface area contributed by atoms with E-state index < -0.39 is 0 Å². The van der Waals surface area contributed by atoms with Gasteiger partial charge in [-0.2, -0.15) is 0 Å². The highest BCUT2D eigenvalue weighted by Gasteiger charge is 2.14. The summed E-state index contributed by atoms with van der Waals surface area (Å²) in [7, 11) is 0. The van der Waals surface area contributed by atoms with Crippen LogP contribution in [-0.4, -0.2) is 6.04 Å². The van der Waals surface area contributed by atoms with Gasteiger partial charge in [0.2, 0.25) is 0 Å². The van der Waals surface area contributed by atoms with Crippen molar-refractivity contribution in [2.45, 2.75) is 78.8 Å². The molecule has 3 atom stereocenters. The van der Waals surface area contributed by atoms with Crippen molar-refractivity contribution in [2.24, 2.45) is 5.92 Å². The Morgan fingerprint density at radius 2 is 1.40 bits per heavy atom. The third kappa shape index (κ3) is 5.28. The number of hydrogen-bond acceptors (Lipinski definition) is 1. The lowest BCUT2D eigenvalue weighted by molar-refractivity contribution is 0.359. The Kier molecular flexibility index (Phi) is 7.29. The molecule has 1 aromatic carbocycles. The molecule has 0 aliphatic carbocycles. The lowest BCUT2D eigenvalue weighted by Gasteiger charge is -2.25. The van der Waals surface area contributed by atoms with Gasteiger partial charge in [-0.15, -0.1) is 0 Å². The number of rotatable bonds is 8. The van der Waals surface area contributed by atoms with Gasteiger partial charge < -0.3 is 5.32 Å². The van der Waals surface area contributed by atoms with Crippen LogP contribution < -0.4 is 5.32 Å². The fourth-order valence-corrected chi connectivity index (χ4v) is 2.62. The van der Waals surface area contributed by atoms with E-state index in [9.17, 15) is 0 Å². The van der Waals surface area contributed by atoms with Crippen LogP contribution in [0.1, 0.15) is 83.9 Å². The maximum atomic E-state index is 3.80. The predicted octanol–water partition coefficient (Wildman–Crippen LogP) is 5.68. The van der Waals surface area contributed by atoms with Gasteiger partial charge in [-0.25, -0.2) is 0 Å². The summed E-state index contributed by atoms with van der Waals surface area (Å²) in [4.78, 5) is 0. The minimum absolute atomic E-state index is 0.435. The lowest BCUT2D eigenvalue weighted by atomic mass is 9.95. The summed E-state index contributed by atoms with van der Waals surface area (Å²) >= 11 is 0. The first-order valence-corrected chi connectivity index (χ1v) is 8.33. The molecule has 1 heteroatoms. The number of benzene rings is 1. The van der Waals surface area contributed by atoms with Crippen LogP contribution in [0.4, 0.5) is 0 Å². The Balaban J connectivity index is 2.62. The molecule has 0 fully saturated rings. The van der Waals surface area contributed by atoms with Gasteiger partial charge in [0.05, 0.1) is 0 Å². The van der Waals surface area contributed by atoms with Gasteiger partial charge in [-0.1, -0.05) is 65.3 Å². The lowest BCUT2D eigenvalue weighted by Crippen LogP contribution is -2.32. The van der Waals surface area contributed by atoms with E-state index in [2.05, 4.69) is 71.1 Å². The third-order valence-electron chi connectivity index (χ3n) is 4.47. The second-order valence-electron chi connectivity index (χ2n) is 6.56. The topological polar surface area (TPSA) is 12.0 Å². The third-order valence-corrected chi connectivity index (χ3v) is 4.47. The molecule has 1 aromatic rings. The summed E-state index contributed by atoms with van der Waals surface area (Å²) < 4.78 is 0. The molecule has 0 spiro atoms. The van der Waals surface area contributed by atoms with Crippen molar-refractivity contribution in [1.29, 1.82) is 0 Å². The SMILES string of the molecule is CCC(C)CC(CC)NC(C)c1ccc(C(C)C)cc1. The second-order valence-corrected chi connectivity index (χ2v) is 6.56. The Morgan fingerprint density at radius 3 is 1.85 bits per heavy atom. The molecule has 0 amide bonds. The molecule has 0 saturated carbocycles. The highest BCUT2D eigenvalue weighted by Crippen LogP contribution is 2.20. The molecule has 114 valence electrons. The van der Waals surface area contributed by atoms with Crippen LogP contribution in [0.15, 0.2) is 24.3 Å². The van der Waals surface area contributed by atoms with Crippen molar-refractivity contribution in [1.82, 2.24) is 5.32 Å². The Hall–Kier alpha value is -0.820. The average Bonchev–Trinajstić information content (AvgIpc) is 2.46. The molecule has 0 aliphatic rings. The van der Waals surface area contributed by atoms with Crippen LogP contribution in [-0.2, 0) is 0 Å². The first-order chi connectivity index (χ1) is 9.47. The van der Waals surface area contributed by atoms with E-state index >= 15 is 0 Å². The summed E-state index contributed by atoms with van der Waals surface area (Å²) in [6, 6.07) is 10.2. The quantitative estimate of drug-likeness (QED) is 0.644. The van der Waals surface area contributed by atoms with Gasteiger partial charge in [-0.05, 0) is 42.7 Å². The highest BCUT2D eigenvalue weighted by molar-refractivity contribution is 5.26. The molecule has 3 unspecified atom stereocenters. The summed E-state index contributed by atoms with van der Waals surface area (Å²) in [6.45, 7) is 13.7. The maximum absolute atomic E-state index is 3.80. The summed E-state index contributed by atoms with van der Waals surface area (Å²) in [5, 5.41) is 3.80. The van der Waals surface area contributed by atoms with Crippen molar-refractivity contribution in [3.8, 4) is 0 Å². The largest absolute Gasteiger partial charge is 0.307 e. The van der Waals surface area contributed by atoms with E-state index in [1.807, 2.05) is 0 Å². The fourth-order valence-electron chi connectivity index (χ4n) is 2.62. The zero-order chi connectivity index (χ0) is 15.1. The standard InChI is InChI=1S/C19H33N/c1-7-15(5)13-19(8-2)20-16(6)18-11-9-17(10-12-18)14(3)4/h9-12,14-16,19-20H,7-8,13H2,1-6H3. The molecule has 1 N–H and O–H groups in total. The van der Waals surface area contributed by atoms with Gasteiger partial charge in [0.25, 0.3) is 0 Å². The number of nitrogens with one attached hydrogen (secondary N) is 1. The van der Waals surface area contributed by atoms with Crippen LogP contribution in [0, 0.1) is 5.92 Å². The van der Waals surface area contributed by atoms with Gasteiger partial charge in [0.1, 0.15) is 0 Å². The average molecular weight is 275 g/mol. The van der Waals surface area contributed by atoms with Crippen molar-refractivity contribution >= 4 is 0 Å². The van der Waals surface area contributed by atoms with Crippen LogP contribution in [0.25, 0.3) is 0 Å². The van der Waals surface area contributed by atoms with Crippen molar-refractivity contribution in [3.05, 3.63) is 35.4 Å². The normalized spacial score (nSPS) is 16.1. The monoisotopic (exact) mass is 275 g/mol. The van der Waals surface area contributed by atoms with E-state index in [0.717, 1.165) is 5.92 Å². The zero-order valence-corrected chi connectivity index (χ0v) is 14.2. The molecule has 1 rings (SSSR count). The molecule has 20 heavy (non-hydrogen) atoms. The van der Waals surface area contributed by atoms with Crippen molar-refractivity contribution in [3.63, 3.8) is 0 Å². The van der Waals surface area contributed by atoms with Gasteiger partial charge in [-0.3, -0.25) is 0 Å². The molecule has 0 saturated heterocycles. The minimum Gasteiger partial charge on any atom is -0.307 e. The van der Waals surface area contributed by atoms with E-state index in [-0.39, 0.29) is 0 Å². The van der Waals surface area contributed by atoms with E-state index in [1.165, 1.54) is 30.4 Å². The van der Waals surface area contributed by atoms with Gasteiger partial charge in [0.15, 0.2) is 0 Å². The maximum Gasteiger partial charge on any atom is 0.0294 e. The van der Waals surface area contributed by atoms with Crippen LogP contribution in [0.3, 0.4) is 0 Å². The Morgan fingerprint density at radius 1 is 0.850 bits per heavy atom. The van der Waals surface area contributed by atoms with Crippen LogP contribution in [0.5, 0.6) is 0 Å². The number of hydrogen-bond donors (Lipinski definition) is 1. The first kappa shape index (κ1) is 17.2. The summed E-state index contributed by atoms with van der Waals surface area (Å²) in [6.07, 6.45) is 3.76. The zero-order valence-electron chi connectivity index (χ0n) is 14.2. The van der Waals surface area contributed by atoms with Crippen LogP contribution in [0.2, 0.25) is 0 Å². The van der Waals surface area contributed by atoms with Crippen molar-refractivity contribution in [2.75, 3.05) is 0 Å². The Bertz CT molecular complexity index is 366. The molecule has 0 radical (unpaired) electrons. The molecule has 0 bridgehead atoms. The van der Waals surface area contributed by atoms with E-state index in [1.54, 1.807) is 0 Å². The summed E-state index contributed by atoms with van der Waals surface area (Å²) in [5.74, 6) is 1.42. The summed E-state index contributed by atoms with van der Waals surface area (Å²) in [5.41, 5.74) is 2.82. The Labute approximate surface area is 126 Å². The molecule has 0 aliphatic heterocycles. The predicted molar refractivity (Wildman–Crippen MR) is 90.2 cm³/mol. The van der Waals surface area contributed by atoms with Gasteiger partial charge in [0, 0.05) is 12.1 Å². The first-order valence-electron chi connectivity index (χ1n) is 8.33. The molecular weight excluding hydrogens is 242 g/mol. The molecule has 1 nitrogen and oxygen atoms in total. The smallest absolute Gasteiger partial charge is 0.0294 e. The fraction of sp³-hybridized carbons (Fsp3) is 0.684. The van der Waals surface area contributed by atoms with Gasteiger partial charge >= 0.3 is 0 Å². The minimum atomic E-state index is 0.435. The molecule has 0 heterocycles. The molecular formula is C19H33N. The molecule has 0 aromatic heterocycles. The van der Waals surface area contributed by atoms with E-state index in [0.29, 0.717) is 18.0 Å². The second kappa shape index (κ2) is 8.46.